The van der Waals surface area contributed by atoms with Gasteiger partial charge < -0.3 is 10.1 Å². The molecule has 2 heterocycles. The van der Waals surface area contributed by atoms with Gasteiger partial charge in [-0.25, -0.2) is 0 Å². The number of anilines is 1. The fourth-order valence-electron chi connectivity index (χ4n) is 2.97. The van der Waals surface area contributed by atoms with E-state index >= 15 is 0 Å². The summed E-state index contributed by atoms with van der Waals surface area (Å²) in [6.07, 6.45) is -0.131. The average Bonchev–Trinajstić information content (AvgIpc) is 2.92. The highest BCUT2D eigenvalue weighted by Crippen LogP contribution is 2.23. The molecule has 1 aromatic carbocycles. The Morgan fingerprint density at radius 3 is 3.04 bits per heavy atom. The summed E-state index contributed by atoms with van der Waals surface area (Å²) in [5.74, 6) is 0.614. The molecule has 25 heavy (non-hydrogen) atoms. The molecular formula is C18H21N5O2. The topological polar surface area (TPSA) is 83.2 Å². The van der Waals surface area contributed by atoms with Crippen LogP contribution >= 0.6 is 0 Å². The van der Waals surface area contributed by atoms with Crippen LogP contribution in [0.1, 0.15) is 22.9 Å². The second-order valence-electron chi connectivity index (χ2n) is 6.17. The Labute approximate surface area is 146 Å². The molecule has 0 saturated carbocycles. The highest BCUT2D eigenvalue weighted by molar-refractivity contribution is 5.91. The Morgan fingerprint density at radius 1 is 1.48 bits per heavy atom. The number of rotatable bonds is 4. The fourth-order valence-corrected chi connectivity index (χ4v) is 2.97. The van der Waals surface area contributed by atoms with E-state index < -0.39 is 0 Å². The van der Waals surface area contributed by atoms with Gasteiger partial charge in [0.15, 0.2) is 0 Å². The lowest BCUT2D eigenvalue weighted by atomic mass is 10.0. The van der Waals surface area contributed by atoms with E-state index in [0.29, 0.717) is 37.6 Å². The lowest BCUT2D eigenvalue weighted by molar-refractivity contribution is -0.119. The molecule has 0 radical (unpaired) electrons. The van der Waals surface area contributed by atoms with E-state index in [1.54, 1.807) is 17.8 Å². The van der Waals surface area contributed by atoms with E-state index in [-0.39, 0.29) is 12.0 Å². The van der Waals surface area contributed by atoms with Gasteiger partial charge >= 0.3 is 0 Å². The van der Waals surface area contributed by atoms with Crippen LogP contribution in [-0.4, -0.2) is 46.8 Å². The normalized spacial score (nSPS) is 17.9. The third-order valence-electron chi connectivity index (χ3n) is 4.17. The minimum absolute atomic E-state index is 0.0746. The molecule has 1 aliphatic rings. The van der Waals surface area contributed by atoms with Gasteiger partial charge in [0.25, 0.3) is 0 Å². The monoisotopic (exact) mass is 339 g/mol. The molecule has 0 spiro atoms. The third-order valence-corrected chi connectivity index (χ3v) is 4.17. The molecule has 1 N–H and O–H groups in total. The standard InChI is InChI=1S/C18H21N5O2/c1-13-8-17(22(2)21-13)20-18(24)12-23-6-7-25-16(11-23)15-5-3-4-14(9-15)10-19/h3-5,8-9,16H,6-7,11-12H2,1-2H3,(H,20,24). The maximum Gasteiger partial charge on any atom is 0.239 e. The van der Waals surface area contributed by atoms with Crippen LogP contribution in [0.3, 0.4) is 0 Å². The zero-order valence-corrected chi connectivity index (χ0v) is 14.4. The summed E-state index contributed by atoms with van der Waals surface area (Å²) in [7, 11) is 1.80. The number of nitrogens with zero attached hydrogens (tertiary/aromatic N) is 4. The van der Waals surface area contributed by atoms with E-state index in [9.17, 15) is 4.79 Å². The SMILES string of the molecule is Cc1cc(NC(=O)CN2CCOC(c3cccc(C#N)c3)C2)n(C)n1. The van der Waals surface area contributed by atoms with Crippen LogP contribution in [0, 0.1) is 18.3 Å². The number of carbonyl (C=O) groups excluding carboxylic acids is 1. The maximum atomic E-state index is 12.3. The van der Waals surface area contributed by atoms with Gasteiger partial charge in [0.1, 0.15) is 5.82 Å². The van der Waals surface area contributed by atoms with Crippen LogP contribution < -0.4 is 5.32 Å². The molecule has 130 valence electrons. The van der Waals surface area contributed by atoms with Gasteiger partial charge in [0.05, 0.1) is 36.6 Å². The Bertz CT molecular complexity index is 808. The highest BCUT2D eigenvalue weighted by Gasteiger charge is 2.24. The van der Waals surface area contributed by atoms with Crippen LogP contribution in [0.15, 0.2) is 30.3 Å². The second kappa shape index (κ2) is 7.47. The van der Waals surface area contributed by atoms with Gasteiger partial charge in [-0.3, -0.25) is 14.4 Å². The number of amides is 1. The summed E-state index contributed by atoms with van der Waals surface area (Å²) in [4.78, 5) is 14.4. The fraction of sp³-hybridized carbons (Fsp3) is 0.389. The Hall–Kier alpha value is -2.69. The summed E-state index contributed by atoms with van der Waals surface area (Å²) in [6.45, 7) is 4.05. The molecule has 1 saturated heterocycles. The van der Waals surface area contributed by atoms with Gasteiger partial charge in [0.2, 0.25) is 5.91 Å². The number of aryl methyl sites for hydroxylation is 2. The Kier molecular flexibility index (Phi) is 5.12. The van der Waals surface area contributed by atoms with Crippen molar-refractivity contribution in [2.45, 2.75) is 13.0 Å². The highest BCUT2D eigenvalue weighted by atomic mass is 16.5. The van der Waals surface area contributed by atoms with Crippen LogP contribution in [0.4, 0.5) is 5.82 Å². The number of carbonyl (C=O) groups is 1. The number of nitriles is 1. The minimum Gasteiger partial charge on any atom is -0.371 e. The van der Waals surface area contributed by atoms with Crippen LogP contribution in [0.2, 0.25) is 0 Å². The zero-order chi connectivity index (χ0) is 17.8. The first kappa shape index (κ1) is 17.1. The molecule has 2 aromatic rings. The predicted octanol–water partition coefficient (Wildman–Crippen LogP) is 1.61. The molecule has 3 rings (SSSR count). The Balaban J connectivity index is 1.60. The van der Waals surface area contributed by atoms with E-state index in [0.717, 1.165) is 11.3 Å². The smallest absolute Gasteiger partial charge is 0.239 e. The zero-order valence-electron chi connectivity index (χ0n) is 14.4. The van der Waals surface area contributed by atoms with Crippen molar-refractivity contribution < 1.29 is 9.53 Å². The first-order valence-electron chi connectivity index (χ1n) is 8.19. The van der Waals surface area contributed by atoms with E-state index in [4.69, 9.17) is 10.00 Å². The lowest BCUT2D eigenvalue weighted by Crippen LogP contribution is -2.42. The molecule has 1 unspecified atom stereocenters. The van der Waals surface area contributed by atoms with Crippen molar-refractivity contribution in [3.05, 3.63) is 47.2 Å². The van der Waals surface area contributed by atoms with E-state index in [1.807, 2.05) is 31.2 Å². The average molecular weight is 339 g/mol. The molecule has 0 aliphatic carbocycles. The molecule has 1 aliphatic heterocycles. The second-order valence-corrected chi connectivity index (χ2v) is 6.17. The van der Waals surface area contributed by atoms with Gasteiger partial charge in [-0.2, -0.15) is 10.4 Å². The van der Waals surface area contributed by atoms with E-state index in [2.05, 4.69) is 21.4 Å². The molecule has 7 nitrogen and oxygen atoms in total. The molecular weight excluding hydrogens is 318 g/mol. The minimum atomic E-state index is -0.131. The number of hydrogen-bond donors (Lipinski definition) is 1. The third kappa shape index (κ3) is 4.24. The van der Waals surface area contributed by atoms with Crippen molar-refractivity contribution >= 4 is 11.7 Å². The predicted molar refractivity (Wildman–Crippen MR) is 92.9 cm³/mol. The summed E-state index contributed by atoms with van der Waals surface area (Å²) >= 11 is 0. The van der Waals surface area contributed by atoms with Gasteiger partial charge in [-0.1, -0.05) is 12.1 Å². The van der Waals surface area contributed by atoms with Gasteiger partial charge in [-0.05, 0) is 24.6 Å². The molecule has 1 aromatic heterocycles. The first-order valence-corrected chi connectivity index (χ1v) is 8.19. The Morgan fingerprint density at radius 2 is 2.32 bits per heavy atom. The number of morpholine rings is 1. The number of hydrogen-bond acceptors (Lipinski definition) is 5. The summed E-state index contributed by atoms with van der Waals surface area (Å²) < 4.78 is 7.47. The first-order chi connectivity index (χ1) is 12.0. The van der Waals surface area contributed by atoms with Crippen molar-refractivity contribution in [2.75, 3.05) is 31.6 Å². The number of benzene rings is 1. The maximum absolute atomic E-state index is 12.3. The lowest BCUT2D eigenvalue weighted by Gasteiger charge is -2.32. The van der Waals surface area contributed by atoms with Crippen LogP contribution in [0.25, 0.3) is 0 Å². The summed E-state index contributed by atoms with van der Waals surface area (Å²) in [5.41, 5.74) is 2.44. The van der Waals surface area contributed by atoms with Crippen molar-refractivity contribution in [1.29, 1.82) is 5.26 Å². The van der Waals surface area contributed by atoms with Gasteiger partial charge in [0, 0.05) is 26.2 Å². The van der Waals surface area contributed by atoms with Crippen molar-refractivity contribution in [2.24, 2.45) is 7.05 Å². The van der Waals surface area contributed by atoms with Crippen molar-refractivity contribution in [3.63, 3.8) is 0 Å². The summed E-state index contributed by atoms with van der Waals surface area (Å²) in [5, 5.41) is 16.1. The van der Waals surface area contributed by atoms with Crippen LogP contribution in [0.5, 0.6) is 0 Å². The summed E-state index contributed by atoms with van der Waals surface area (Å²) in [6, 6.07) is 11.4. The molecule has 7 heteroatoms. The number of aromatic nitrogens is 2. The quantitative estimate of drug-likeness (QED) is 0.915. The number of ether oxygens (including phenoxy) is 1. The largest absolute Gasteiger partial charge is 0.371 e. The van der Waals surface area contributed by atoms with Crippen molar-refractivity contribution in [1.82, 2.24) is 14.7 Å². The van der Waals surface area contributed by atoms with Crippen LogP contribution in [-0.2, 0) is 16.6 Å². The van der Waals surface area contributed by atoms with E-state index in [1.165, 1.54) is 0 Å². The molecule has 1 atom stereocenters. The molecule has 1 fully saturated rings. The van der Waals surface area contributed by atoms with Gasteiger partial charge in [-0.15, -0.1) is 0 Å². The van der Waals surface area contributed by atoms with Crippen molar-refractivity contribution in [3.8, 4) is 6.07 Å². The number of nitrogens with one attached hydrogen (secondary N) is 1. The molecule has 0 bridgehead atoms. The molecule has 1 amide bonds.